The highest BCUT2D eigenvalue weighted by Crippen LogP contribution is 2.26. The number of rotatable bonds is 1. The van der Waals surface area contributed by atoms with Gasteiger partial charge in [-0.1, -0.05) is 6.92 Å². The van der Waals surface area contributed by atoms with Crippen molar-refractivity contribution in [3.05, 3.63) is 0 Å². The first kappa shape index (κ1) is 9.72. The van der Waals surface area contributed by atoms with Crippen molar-refractivity contribution in [2.75, 3.05) is 7.05 Å². The van der Waals surface area contributed by atoms with Crippen LogP contribution in [0.2, 0.25) is 0 Å². The van der Waals surface area contributed by atoms with Crippen LogP contribution in [0.25, 0.3) is 0 Å². The van der Waals surface area contributed by atoms with Gasteiger partial charge < -0.3 is 0 Å². The zero-order valence-electron chi connectivity index (χ0n) is 8.50. The summed E-state index contributed by atoms with van der Waals surface area (Å²) in [4.78, 5) is 13.4. The van der Waals surface area contributed by atoms with Crippen molar-refractivity contribution < 1.29 is 4.79 Å². The molecule has 1 aliphatic heterocycles. The molecular weight excluding hydrogens is 150 g/mol. The minimum atomic E-state index is 0.177. The molecule has 1 heterocycles. The van der Waals surface area contributed by atoms with Gasteiger partial charge in [-0.2, -0.15) is 0 Å². The topological polar surface area (TPSA) is 20.3 Å². The third kappa shape index (κ3) is 1.69. The van der Waals surface area contributed by atoms with Crippen molar-refractivity contribution in [2.45, 2.75) is 45.7 Å². The summed E-state index contributed by atoms with van der Waals surface area (Å²) in [5.74, 6) is 1.04. The molecule has 1 saturated heterocycles. The van der Waals surface area contributed by atoms with Gasteiger partial charge in [0.05, 0.1) is 6.04 Å². The van der Waals surface area contributed by atoms with E-state index in [9.17, 15) is 4.79 Å². The average Bonchev–Trinajstić information content (AvgIpc) is 2.00. The predicted octanol–water partition coefficient (Wildman–Crippen LogP) is 1.69. The van der Waals surface area contributed by atoms with E-state index in [0.29, 0.717) is 11.8 Å². The fourth-order valence-electron chi connectivity index (χ4n) is 2.04. The monoisotopic (exact) mass is 169 g/mol. The second-order valence-corrected chi connectivity index (χ2v) is 4.09. The third-order valence-corrected chi connectivity index (χ3v) is 3.32. The maximum atomic E-state index is 11.2. The van der Waals surface area contributed by atoms with E-state index >= 15 is 0 Å². The molecule has 2 unspecified atom stereocenters. The van der Waals surface area contributed by atoms with Gasteiger partial charge in [-0.05, 0) is 39.7 Å². The number of carbonyl (C=O) groups is 1. The maximum absolute atomic E-state index is 11.2. The minimum Gasteiger partial charge on any atom is -0.298 e. The van der Waals surface area contributed by atoms with E-state index < -0.39 is 0 Å². The van der Waals surface area contributed by atoms with Crippen LogP contribution in [0.1, 0.15) is 33.6 Å². The number of hydrogen-bond acceptors (Lipinski definition) is 2. The summed E-state index contributed by atoms with van der Waals surface area (Å²) in [6.45, 7) is 6.17. The molecule has 0 N–H and O–H groups in total. The molecule has 0 amide bonds. The first-order chi connectivity index (χ1) is 5.54. The molecular formula is C10H19NO. The summed E-state index contributed by atoms with van der Waals surface area (Å²) in [7, 11) is 2.06. The zero-order valence-corrected chi connectivity index (χ0v) is 8.50. The molecule has 70 valence electrons. The molecule has 0 aromatic heterocycles. The molecule has 0 saturated carbocycles. The van der Waals surface area contributed by atoms with Gasteiger partial charge in [0.1, 0.15) is 5.78 Å². The Bertz CT molecular complexity index is 179. The van der Waals surface area contributed by atoms with E-state index in [1.807, 2.05) is 0 Å². The Kier molecular flexibility index (Phi) is 2.89. The summed E-state index contributed by atoms with van der Waals surface area (Å²) in [6.07, 6.45) is 2.23. The Labute approximate surface area is 74.9 Å². The second kappa shape index (κ2) is 3.56. The molecule has 1 fully saturated rings. The lowest BCUT2D eigenvalue weighted by Gasteiger charge is -2.40. The minimum absolute atomic E-state index is 0.177. The molecule has 12 heavy (non-hydrogen) atoms. The van der Waals surface area contributed by atoms with Crippen molar-refractivity contribution in [3.8, 4) is 0 Å². The molecule has 0 aliphatic carbocycles. The van der Waals surface area contributed by atoms with Gasteiger partial charge in [-0.15, -0.1) is 0 Å². The van der Waals surface area contributed by atoms with E-state index in [0.717, 1.165) is 12.3 Å². The van der Waals surface area contributed by atoms with Gasteiger partial charge in [0.25, 0.3) is 0 Å². The number of piperidine rings is 1. The molecule has 0 aromatic carbocycles. The molecule has 2 nitrogen and oxygen atoms in total. The number of likely N-dealkylation sites (tertiary alicyclic amines) is 1. The van der Waals surface area contributed by atoms with E-state index in [1.165, 1.54) is 6.42 Å². The second-order valence-electron chi connectivity index (χ2n) is 4.09. The lowest BCUT2D eigenvalue weighted by molar-refractivity contribution is -0.124. The van der Waals surface area contributed by atoms with Crippen LogP contribution in [0.15, 0.2) is 0 Å². The van der Waals surface area contributed by atoms with Crippen LogP contribution in [0.4, 0.5) is 0 Å². The molecule has 1 aliphatic rings. The number of Topliss-reactive ketones (excluding diaryl/α,β-unsaturated/α-hetero) is 1. The summed E-state index contributed by atoms with van der Waals surface area (Å²) in [5, 5.41) is 0. The smallest absolute Gasteiger partial charge is 0.146 e. The maximum Gasteiger partial charge on any atom is 0.146 e. The standard InChI is InChI=1S/C10H19NO/c1-7-5-6-10(9(3)12)11(4)8(7)2/h7-8,10H,5-6H2,1-4H3/t7-,8?,10?/m0/s1. The molecule has 2 heteroatoms. The van der Waals surface area contributed by atoms with Crippen LogP contribution in [-0.4, -0.2) is 29.8 Å². The van der Waals surface area contributed by atoms with Gasteiger partial charge in [-0.25, -0.2) is 0 Å². The number of hydrogen-bond donors (Lipinski definition) is 0. The van der Waals surface area contributed by atoms with Crippen LogP contribution in [-0.2, 0) is 4.79 Å². The first-order valence-electron chi connectivity index (χ1n) is 4.76. The summed E-state index contributed by atoms with van der Waals surface area (Å²) < 4.78 is 0. The Hall–Kier alpha value is -0.370. The molecule has 3 atom stereocenters. The van der Waals surface area contributed by atoms with Gasteiger partial charge >= 0.3 is 0 Å². The molecule has 0 aromatic rings. The zero-order chi connectivity index (χ0) is 9.30. The van der Waals surface area contributed by atoms with Crippen molar-refractivity contribution >= 4 is 5.78 Å². The summed E-state index contributed by atoms with van der Waals surface area (Å²) in [5.41, 5.74) is 0. The lowest BCUT2D eigenvalue weighted by Crippen LogP contribution is -2.49. The highest BCUT2D eigenvalue weighted by molar-refractivity contribution is 5.81. The van der Waals surface area contributed by atoms with Crippen molar-refractivity contribution in [3.63, 3.8) is 0 Å². The molecule has 0 bridgehead atoms. The normalized spacial score (nSPS) is 38.2. The molecule has 0 spiro atoms. The van der Waals surface area contributed by atoms with Gasteiger partial charge in [0.15, 0.2) is 0 Å². The van der Waals surface area contributed by atoms with Crippen LogP contribution < -0.4 is 0 Å². The Morgan fingerprint density at radius 2 is 1.92 bits per heavy atom. The predicted molar refractivity (Wildman–Crippen MR) is 50.1 cm³/mol. The fourth-order valence-corrected chi connectivity index (χ4v) is 2.04. The first-order valence-corrected chi connectivity index (χ1v) is 4.76. The quantitative estimate of drug-likeness (QED) is 0.595. The van der Waals surface area contributed by atoms with E-state index in [1.54, 1.807) is 6.92 Å². The highest BCUT2D eigenvalue weighted by atomic mass is 16.1. The molecule has 1 rings (SSSR count). The number of ketones is 1. The van der Waals surface area contributed by atoms with Crippen LogP contribution >= 0.6 is 0 Å². The largest absolute Gasteiger partial charge is 0.298 e. The average molecular weight is 169 g/mol. The van der Waals surface area contributed by atoms with Crippen LogP contribution in [0.3, 0.4) is 0 Å². The van der Waals surface area contributed by atoms with Gasteiger partial charge in [0, 0.05) is 6.04 Å². The van der Waals surface area contributed by atoms with Crippen molar-refractivity contribution in [1.29, 1.82) is 0 Å². The number of likely N-dealkylation sites (N-methyl/N-ethyl adjacent to an activating group) is 1. The lowest BCUT2D eigenvalue weighted by atomic mass is 9.87. The third-order valence-electron chi connectivity index (χ3n) is 3.32. The van der Waals surface area contributed by atoms with E-state index in [2.05, 4.69) is 25.8 Å². The van der Waals surface area contributed by atoms with Crippen LogP contribution in [0.5, 0.6) is 0 Å². The van der Waals surface area contributed by atoms with Crippen LogP contribution in [0, 0.1) is 5.92 Å². The van der Waals surface area contributed by atoms with Crippen molar-refractivity contribution in [1.82, 2.24) is 4.90 Å². The molecule has 0 radical (unpaired) electrons. The van der Waals surface area contributed by atoms with Gasteiger partial charge in [-0.3, -0.25) is 9.69 Å². The number of nitrogens with zero attached hydrogens (tertiary/aromatic N) is 1. The Morgan fingerprint density at radius 3 is 2.42 bits per heavy atom. The van der Waals surface area contributed by atoms with E-state index in [4.69, 9.17) is 0 Å². The number of carbonyl (C=O) groups excluding carboxylic acids is 1. The highest BCUT2D eigenvalue weighted by Gasteiger charge is 2.31. The SMILES string of the molecule is CC(=O)C1CC[C@H](C)C(C)N1C. The Morgan fingerprint density at radius 1 is 1.33 bits per heavy atom. The van der Waals surface area contributed by atoms with E-state index in [-0.39, 0.29) is 6.04 Å². The fraction of sp³-hybridized carbons (Fsp3) is 0.900. The van der Waals surface area contributed by atoms with Gasteiger partial charge in [0.2, 0.25) is 0 Å². The Balaban J connectivity index is 2.65. The van der Waals surface area contributed by atoms with Crippen molar-refractivity contribution in [2.24, 2.45) is 5.92 Å². The summed E-state index contributed by atoms with van der Waals surface area (Å²) >= 11 is 0. The summed E-state index contributed by atoms with van der Waals surface area (Å²) in [6, 6.07) is 0.726.